The summed E-state index contributed by atoms with van der Waals surface area (Å²) in [4.78, 5) is 16.2. The predicted molar refractivity (Wildman–Crippen MR) is 90.6 cm³/mol. The zero-order chi connectivity index (χ0) is 16.8. The number of fused-ring (bicyclic) bond motifs is 1. The SMILES string of the molecule is COC(=O)CN(CCN1CCOCC1)Cc1ccc2cn[nH]c2c1. The number of H-pyrrole nitrogens is 1. The van der Waals surface area contributed by atoms with Crippen molar-refractivity contribution >= 4 is 16.9 Å². The molecule has 7 nitrogen and oxygen atoms in total. The molecule has 1 N–H and O–H groups in total. The molecule has 1 aromatic carbocycles. The van der Waals surface area contributed by atoms with Crippen LogP contribution >= 0.6 is 0 Å². The second-order valence-corrected chi connectivity index (χ2v) is 6.03. The van der Waals surface area contributed by atoms with Gasteiger partial charge in [0, 0.05) is 38.1 Å². The van der Waals surface area contributed by atoms with E-state index in [1.54, 1.807) is 0 Å². The topological polar surface area (TPSA) is 70.7 Å². The Labute approximate surface area is 141 Å². The third kappa shape index (κ3) is 4.53. The number of rotatable bonds is 7. The summed E-state index contributed by atoms with van der Waals surface area (Å²) in [6.07, 6.45) is 1.81. The zero-order valence-corrected chi connectivity index (χ0v) is 14.0. The van der Waals surface area contributed by atoms with Gasteiger partial charge in [0.2, 0.25) is 0 Å². The molecule has 0 unspecified atom stereocenters. The quantitative estimate of drug-likeness (QED) is 0.759. The lowest BCUT2D eigenvalue weighted by molar-refractivity contribution is -0.142. The van der Waals surface area contributed by atoms with Gasteiger partial charge in [0.05, 0.1) is 38.6 Å². The predicted octanol–water partition coefficient (Wildman–Crippen LogP) is 0.870. The molecule has 0 bridgehead atoms. The molecule has 0 spiro atoms. The number of esters is 1. The number of aromatic amines is 1. The first-order valence-corrected chi connectivity index (χ1v) is 8.26. The van der Waals surface area contributed by atoms with Crippen LogP contribution in [0.1, 0.15) is 5.56 Å². The lowest BCUT2D eigenvalue weighted by atomic mass is 10.1. The number of hydrogen-bond acceptors (Lipinski definition) is 6. The van der Waals surface area contributed by atoms with E-state index in [2.05, 4.69) is 32.1 Å². The van der Waals surface area contributed by atoms with Crippen LogP contribution in [0.5, 0.6) is 0 Å². The van der Waals surface area contributed by atoms with Crippen LogP contribution in [0.2, 0.25) is 0 Å². The van der Waals surface area contributed by atoms with Crippen molar-refractivity contribution in [2.24, 2.45) is 0 Å². The van der Waals surface area contributed by atoms with E-state index in [9.17, 15) is 4.79 Å². The fourth-order valence-electron chi connectivity index (χ4n) is 2.91. The third-order valence-corrected chi connectivity index (χ3v) is 4.33. The first kappa shape index (κ1) is 16.9. The number of carbonyl (C=O) groups excluding carboxylic acids is 1. The van der Waals surface area contributed by atoms with Crippen molar-refractivity contribution in [2.45, 2.75) is 6.54 Å². The molecular weight excluding hydrogens is 308 g/mol. The normalized spacial score (nSPS) is 15.9. The fourth-order valence-corrected chi connectivity index (χ4v) is 2.91. The van der Waals surface area contributed by atoms with Gasteiger partial charge in [-0.2, -0.15) is 5.10 Å². The van der Waals surface area contributed by atoms with Gasteiger partial charge in [-0.25, -0.2) is 0 Å². The average molecular weight is 332 g/mol. The van der Waals surface area contributed by atoms with Gasteiger partial charge in [0.25, 0.3) is 0 Å². The molecule has 1 saturated heterocycles. The van der Waals surface area contributed by atoms with Crippen LogP contribution < -0.4 is 0 Å². The second kappa shape index (κ2) is 8.23. The number of carbonyl (C=O) groups is 1. The van der Waals surface area contributed by atoms with Crippen molar-refractivity contribution in [3.63, 3.8) is 0 Å². The molecule has 3 rings (SSSR count). The Hall–Kier alpha value is -1.96. The minimum atomic E-state index is -0.209. The number of ether oxygens (including phenoxy) is 2. The summed E-state index contributed by atoms with van der Waals surface area (Å²) < 4.78 is 10.2. The van der Waals surface area contributed by atoms with E-state index < -0.39 is 0 Å². The Morgan fingerprint density at radius 1 is 1.42 bits per heavy atom. The largest absolute Gasteiger partial charge is 0.468 e. The van der Waals surface area contributed by atoms with Crippen LogP contribution in [0.4, 0.5) is 0 Å². The summed E-state index contributed by atoms with van der Waals surface area (Å²) >= 11 is 0. The highest BCUT2D eigenvalue weighted by molar-refractivity contribution is 5.78. The summed E-state index contributed by atoms with van der Waals surface area (Å²) in [5.41, 5.74) is 2.16. The highest BCUT2D eigenvalue weighted by Gasteiger charge is 2.15. The van der Waals surface area contributed by atoms with E-state index in [0.717, 1.165) is 55.9 Å². The van der Waals surface area contributed by atoms with Crippen molar-refractivity contribution < 1.29 is 14.3 Å². The molecule has 7 heteroatoms. The smallest absolute Gasteiger partial charge is 0.319 e. The lowest BCUT2D eigenvalue weighted by Gasteiger charge is -2.29. The molecule has 2 heterocycles. The Balaban J connectivity index is 1.62. The molecule has 1 aliphatic heterocycles. The average Bonchev–Trinajstić information content (AvgIpc) is 3.08. The standard InChI is InChI=1S/C17H24N4O3/c1-23-17(22)13-21(5-4-20-6-8-24-9-7-20)12-14-2-3-15-11-18-19-16(15)10-14/h2-3,10-11H,4-9,12-13H2,1H3,(H,18,19). The van der Waals surface area contributed by atoms with Gasteiger partial charge in [-0.05, 0) is 11.6 Å². The molecule has 1 aromatic heterocycles. The van der Waals surface area contributed by atoms with Crippen LogP contribution in [0.3, 0.4) is 0 Å². The molecule has 0 aliphatic carbocycles. The van der Waals surface area contributed by atoms with Gasteiger partial charge in [-0.1, -0.05) is 12.1 Å². The van der Waals surface area contributed by atoms with Gasteiger partial charge in [-0.3, -0.25) is 19.7 Å². The molecule has 0 amide bonds. The summed E-state index contributed by atoms with van der Waals surface area (Å²) in [7, 11) is 1.43. The fraction of sp³-hybridized carbons (Fsp3) is 0.529. The van der Waals surface area contributed by atoms with Gasteiger partial charge in [-0.15, -0.1) is 0 Å². The van der Waals surface area contributed by atoms with Gasteiger partial charge >= 0.3 is 5.97 Å². The minimum Gasteiger partial charge on any atom is -0.468 e. The van der Waals surface area contributed by atoms with Crippen molar-refractivity contribution in [1.82, 2.24) is 20.0 Å². The maximum absolute atomic E-state index is 11.7. The van der Waals surface area contributed by atoms with E-state index >= 15 is 0 Å². The van der Waals surface area contributed by atoms with Crippen LogP contribution in [0.15, 0.2) is 24.4 Å². The molecule has 2 aromatic rings. The van der Waals surface area contributed by atoms with Crippen LogP contribution in [-0.2, 0) is 20.8 Å². The molecular formula is C17H24N4O3. The lowest BCUT2D eigenvalue weighted by Crippen LogP contribution is -2.42. The summed E-state index contributed by atoms with van der Waals surface area (Å²) in [6.45, 7) is 6.21. The van der Waals surface area contributed by atoms with E-state index in [-0.39, 0.29) is 5.97 Å². The van der Waals surface area contributed by atoms with Gasteiger partial charge in [0.15, 0.2) is 0 Å². The Morgan fingerprint density at radius 2 is 2.25 bits per heavy atom. The summed E-state index contributed by atoms with van der Waals surface area (Å²) in [5.74, 6) is -0.209. The second-order valence-electron chi connectivity index (χ2n) is 6.03. The maximum Gasteiger partial charge on any atom is 0.319 e. The number of methoxy groups -OCH3 is 1. The number of benzene rings is 1. The van der Waals surface area contributed by atoms with Crippen LogP contribution in [0, 0.1) is 0 Å². The molecule has 24 heavy (non-hydrogen) atoms. The maximum atomic E-state index is 11.7. The molecule has 1 fully saturated rings. The van der Waals surface area contributed by atoms with Gasteiger partial charge < -0.3 is 9.47 Å². The number of nitrogens with zero attached hydrogens (tertiary/aromatic N) is 3. The van der Waals surface area contributed by atoms with Crippen LogP contribution in [0.25, 0.3) is 10.9 Å². The Kier molecular flexibility index (Phi) is 5.79. The molecule has 1 aliphatic rings. The number of aromatic nitrogens is 2. The third-order valence-electron chi connectivity index (χ3n) is 4.33. The minimum absolute atomic E-state index is 0.209. The first-order chi connectivity index (χ1) is 11.7. The summed E-state index contributed by atoms with van der Waals surface area (Å²) in [6, 6.07) is 6.21. The van der Waals surface area contributed by atoms with Crippen LogP contribution in [-0.4, -0.2) is 79.0 Å². The van der Waals surface area contributed by atoms with Crippen molar-refractivity contribution in [3.05, 3.63) is 30.0 Å². The molecule has 0 saturated carbocycles. The first-order valence-electron chi connectivity index (χ1n) is 8.26. The highest BCUT2D eigenvalue weighted by atomic mass is 16.5. The Bertz CT molecular complexity index is 667. The van der Waals surface area contributed by atoms with E-state index in [1.807, 2.05) is 12.3 Å². The zero-order valence-electron chi connectivity index (χ0n) is 14.0. The molecule has 0 radical (unpaired) electrons. The van der Waals surface area contributed by atoms with Gasteiger partial charge in [0.1, 0.15) is 0 Å². The van der Waals surface area contributed by atoms with Crippen molar-refractivity contribution in [2.75, 3.05) is 53.0 Å². The summed E-state index contributed by atoms with van der Waals surface area (Å²) in [5, 5.41) is 8.13. The molecule has 0 atom stereocenters. The van der Waals surface area contributed by atoms with E-state index in [1.165, 1.54) is 7.11 Å². The van der Waals surface area contributed by atoms with Crippen molar-refractivity contribution in [3.8, 4) is 0 Å². The van der Waals surface area contributed by atoms with E-state index in [4.69, 9.17) is 9.47 Å². The van der Waals surface area contributed by atoms with E-state index in [0.29, 0.717) is 13.1 Å². The number of hydrogen-bond donors (Lipinski definition) is 1. The highest BCUT2D eigenvalue weighted by Crippen LogP contribution is 2.14. The Morgan fingerprint density at radius 3 is 3.04 bits per heavy atom. The number of nitrogens with one attached hydrogen (secondary N) is 1. The molecule has 130 valence electrons. The monoisotopic (exact) mass is 332 g/mol. The van der Waals surface area contributed by atoms with Crippen molar-refractivity contribution in [1.29, 1.82) is 0 Å². The number of morpholine rings is 1.